The predicted molar refractivity (Wildman–Crippen MR) is 98.8 cm³/mol. The molecule has 0 saturated heterocycles. The number of benzene rings is 2. The highest BCUT2D eigenvalue weighted by molar-refractivity contribution is 8.00. The van der Waals surface area contributed by atoms with Crippen molar-refractivity contribution in [3.05, 3.63) is 66.0 Å². The number of nitrogens with one attached hydrogen (secondary N) is 1. The third kappa shape index (κ3) is 3.60. The zero-order chi connectivity index (χ0) is 16.3. The lowest BCUT2D eigenvalue weighted by Crippen LogP contribution is -2.12. The van der Waals surface area contributed by atoms with Crippen LogP contribution in [0, 0.1) is 0 Å². The minimum Gasteiger partial charge on any atom is -0.278 e. The first-order chi connectivity index (χ1) is 11.1. The normalized spacial score (nSPS) is 11.3. The van der Waals surface area contributed by atoms with Crippen LogP contribution >= 0.6 is 23.1 Å². The van der Waals surface area contributed by atoms with Gasteiger partial charge < -0.3 is 0 Å². The van der Waals surface area contributed by atoms with E-state index in [4.69, 9.17) is 0 Å². The Morgan fingerprint density at radius 1 is 0.913 bits per heavy atom. The molecule has 2 aromatic carbocycles. The molecule has 6 heteroatoms. The summed E-state index contributed by atoms with van der Waals surface area (Å²) < 4.78 is 28.6. The van der Waals surface area contributed by atoms with E-state index in [1.165, 1.54) is 23.1 Å². The Bertz CT molecular complexity index is 885. The monoisotopic (exact) mass is 361 g/mol. The van der Waals surface area contributed by atoms with E-state index in [-0.39, 0.29) is 4.90 Å². The summed E-state index contributed by atoms with van der Waals surface area (Å²) in [6, 6.07) is 18.6. The van der Waals surface area contributed by atoms with Crippen LogP contribution in [-0.4, -0.2) is 14.7 Å². The van der Waals surface area contributed by atoms with Gasteiger partial charge in [0, 0.05) is 0 Å². The molecular weight excluding hydrogens is 346 g/mol. The molecule has 118 valence electrons. The fourth-order valence-electron chi connectivity index (χ4n) is 2.19. The summed E-state index contributed by atoms with van der Waals surface area (Å²) in [7, 11) is -3.57. The van der Waals surface area contributed by atoms with Gasteiger partial charge in [0.05, 0.1) is 14.8 Å². The van der Waals surface area contributed by atoms with Gasteiger partial charge in [-0.3, -0.25) is 4.72 Å². The average Bonchev–Trinajstić information content (AvgIpc) is 3.02. The molecule has 1 N–H and O–H groups in total. The molecule has 0 unspecified atom stereocenters. The number of thiophene rings is 1. The van der Waals surface area contributed by atoms with Gasteiger partial charge in [0.1, 0.15) is 0 Å². The Balaban J connectivity index is 1.86. The molecule has 3 rings (SSSR count). The standard InChI is InChI=1S/C17H15NO2S3/c1-21-17-16(11-12-22-17)18-23(19,20)15-9-7-14(8-10-15)13-5-3-2-4-6-13/h2-12,18H,1H3. The summed E-state index contributed by atoms with van der Waals surface area (Å²) in [6.45, 7) is 0. The lowest BCUT2D eigenvalue weighted by Gasteiger charge is -2.09. The molecule has 3 aromatic rings. The predicted octanol–water partition coefficient (Wildman–Crippen LogP) is 4.94. The molecule has 23 heavy (non-hydrogen) atoms. The molecule has 1 aromatic heterocycles. The summed E-state index contributed by atoms with van der Waals surface area (Å²) in [4.78, 5) is 0.260. The van der Waals surface area contributed by atoms with Gasteiger partial charge in [-0.15, -0.1) is 23.1 Å². The van der Waals surface area contributed by atoms with Crippen LogP contribution in [0.3, 0.4) is 0 Å². The summed E-state index contributed by atoms with van der Waals surface area (Å²) in [5, 5.41) is 1.88. The zero-order valence-electron chi connectivity index (χ0n) is 12.4. The maximum atomic E-state index is 12.5. The van der Waals surface area contributed by atoms with Crippen LogP contribution in [0.4, 0.5) is 5.69 Å². The molecule has 0 bridgehead atoms. The molecule has 0 aliphatic carbocycles. The molecule has 0 fully saturated rings. The van der Waals surface area contributed by atoms with Crippen molar-refractivity contribution < 1.29 is 8.42 Å². The molecule has 0 spiro atoms. The Morgan fingerprint density at radius 2 is 1.57 bits per heavy atom. The van der Waals surface area contributed by atoms with Crippen LogP contribution < -0.4 is 4.72 Å². The smallest absolute Gasteiger partial charge is 0.261 e. The van der Waals surface area contributed by atoms with Crippen molar-refractivity contribution in [3.8, 4) is 11.1 Å². The van der Waals surface area contributed by atoms with E-state index in [0.717, 1.165) is 15.3 Å². The molecular formula is C17H15NO2S3. The SMILES string of the molecule is CSc1sccc1NS(=O)(=O)c1ccc(-c2ccccc2)cc1. The minimum absolute atomic E-state index is 0.260. The summed E-state index contributed by atoms with van der Waals surface area (Å²) in [5.41, 5.74) is 2.69. The maximum absolute atomic E-state index is 12.5. The van der Waals surface area contributed by atoms with Crippen molar-refractivity contribution in [1.82, 2.24) is 0 Å². The molecule has 1 heterocycles. The largest absolute Gasteiger partial charge is 0.278 e. The van der Waals surface area contributed by atoms with Crippen molar-refractivity contribution in [2.45, 2.75) is 9.10 Å². The first-order valence-electron chi connectivity index (χ1n) is 6.90. The Morgan fingerprint density at radius 3 is 2.22 bits per heavy atom. The van der Waals surface area contributed by atoms with E-state index in [9.17, 15) is 8.42 Å². The van der Waals surface area contributed by atoms with Crippen molar-refractivity contribution in [3.63, 3.8) is 0 Å². The zero-order valence-corrected chi connectivity index (χ0v) is 14.8. The van der Waals surface area contributed by atoms with Crippen LogP contribution in [-0.2, 0) is 10.0 Å². The van der Waals surface area contributed by atoms with E-state index in [1.807, 2.05) is 54.1 Å². The van der Waals surface area contributed by atoms with E-state index in [0.29, 0.717) is 5.69 Å². The summed E-state index contributed by atoms with van der Waals surface area (Å²) in [5.74, 6) is 0. The van der Waals surface area contributed by atoms with Crippen molar-refractivity contribution in [2.24, 2.45) is 0 Å². The summed E-state index contributed by atoms with van der Waals surface area (Å²) >= 11 is 3.05. The topological polar surface area (TPSA) is 46.2 Å². The number of sulfonamides is 1. The maximum Gasteiger partial charge on any atom is 0.261 e. The van der Waals surface area contributed by atoms with Crippen LogP contribution in [0.15, 0.2) is 75.1 Å². The number of thioether (sulfide) groups is 1. The highest BCUT2D eigenvalue weighted by Crippen LogP contribution is 2.32. The third-order valence-electron chi connectivity index (χ3n) is 3.33. The van der Waals surface area contributed by atoms with E-state index < -0.39 is 10.0 Å². The lowest BCUT2D eigenvalue weighted by molar-refractivity contribution is 0.601. The second kappa shape index (κ2) is 6.78. The van der Waals surface area contributed by atoms with E-state index >= 15 is 0 Å². The van der Waals surface area contributed by atoms with Crippen LogP contribution in [0.1, 0.15) is 0 Å². The molecule has 3 nitrogen and oxygen atoms in total. The van der Waals surface area contributed by atoms with Gasteiger partial charge in [0.25, 0.3) is 10.0 Å². The highest BCUT2D eigenvalue weighted by atomic mass is 32.2. The van der Waals surface area contributed by atoms with Crippen molar-refractivity contribution >= 4 is 38.8 Å². The van der Waals surface area contributed by atoms with Crippen LogP contribution in [0.2, 0.25) is 0 Å². The first-order valence-corrected chi connectivity index (χ1v) is 10.5. The van der Waals surface area contributed by atoms with E-state index in [1.54, 1.807) is 18.2 Å². The Hall–Kier alpha value is -1.76. The Labute approximate surface area is 144 Å². The Kier molecular flexibility index (Phi) is 4.75. The second-order valence-corrected chi connectivity index (χ2v) is 8.50. The number of hydrogen-bond donors (Lipinski definition) is 1. The molecule has 0 aliphatic rings. The van der Waals surface area contributed by atoms with Gasteiger partial charge in [-0.25, -0.2) is 8.42 Å². The molecule has 0 saturated carbocycles. The van der Waals surface area contributed by atoms with Gasteiger partial charge in [0.2, 0.25) is 0 Å². The minimum atomic E-state index is -3.57. The highest BCUT2D eigenvalue weighted by Gasteiger charge is 2.16. The fourth-order valence-corrected chi connectivity index (χ4v) is 4.86. The van der Waals surface area contributed by atoms with Gasteiger partial charge in [-0.1, -0.05) is 42.5 Å². The van der Waals surface area contributed by atoms with Gasteiger partial charge in [-0.05, 0) is 41.0 Å². The number of rotatable bonds is 5. The van der Waals surface area contributed by atoms with Crippen LogP contribution in [0.5, 0.6) is 0 Å². The van der Waals surface area contributed by atoms with Crippen LogP contribution in [0.25, 0.3) is 11.1 Å². The summed E-state index contributed by atoms with van der Waals surface area (Å²) in [6.07, 6.45) is 1.93. The van der Waals surface area contributed by atoms with Crippen molar-refractivity contribution in [2.75, 3.05) is 11.0 Å². The molecule has 0 amide bonds. The second-order valence-electron chi connectivity index (χ2n) is 4.82. The van der Waals surface area contributed by atoms with Gasteiger partial charge in [0.15, 0.2) is 0 Å². The van der Waals surface area contributed by atoms with Crippen molar-refractivity contribution in [1.29, 1.82) is 0 Å². The fraction of sp³-hybridized carbons (Fsp3) is 0.0588. The first kappa shape index (κ1) is 16.1. The lowest BCUT2D eigenvalue weighted by atomic mass is 10.1. The van der Waals surface area contributed by atoms with E-state index in [2.05, 4.69) is 4.72 Å². The quantitative estimate of drug-likeness (QED) is 0.655. The number of anilines is 1. The third-order valence-corrected chi connectivity index (χ3v) is 6.80. The molecule has 0 aliphatic heterocycles. The molecule has 0 atom stereocenters. The number of hydrogen-bond acceptors (Lipinski definition) is 4. The van der Waals surface area contributed by atoms with Gasteiger partial charge in [-0.2, -0.15) is 0 Å². The average molecular weight is 362 g/mol. The van der Waals surface area contributed by atoms with Gasteiger partial charge >= 0.3 is 0 Å². The molecule has 0 radical (unpaired) electrons.